The molecule has 94 valence electrons. The van der Waals surface area contributed by atoms with E-state index in [0.29, 0.717) is 0 Å². The number of thiophene rings is 1. The predicted molar refractivity (Wildman–Crippen MR) is 74.0 cm³/mol. The summed E-state index contributed by atoms with van der Waals surface area (Å²) in [5.74, 6) is -0.0349. The number of fused-ring (bicyclic) bond motifs is 3. The van der Waals surface area contributed by atoms with Gasteiger partial charge in [0.1, 0.15) is 16.2 Å². The number of hydrogen-bond donors (Lipinski definition) is 1. The van der Waals surface area contributed by atoms with Crippen molar-refractivity contribution in [1.29, 1.82) is 0 Å². The number of nitrogens with two attached hydrogens (primary N) is 1. The number of carbonyl (C=O) groups is 1. The molecule has 3 rings (SSSR count). The van der Waals surface area contributed by atoms with Gasteiger partial charge in [0.25, 0.3) is 0 Å². The first-order valence-electron chi connectivity index (χ1n) is 5.92. The van der Waals surface area contributed by atoms with Crippen LogP contribution in [0, 0.1) is 0 Å². The van der Waals surface area contributed by atoms with Gasteiger partial charge >= 0.3 is 0 Å². The number of rotatable bonds is 3. The lowest BCUT2D eigenvalue weighted by molar-refractivity contribution is -0.115. The molecule has 2 aromatic rings. The molecule has 18 heavy (non-hydrogen) atoms. The van der Waals surface area contributed by atoms with Crippen LogP contribution < -0.4 is 5.73 Å². The Balaban J connectivity index is 2.08. The number of carbonyl (C=O) groups excluding carboxylic acids is 1. The SMILES string of the molecule is NC(=O)CSc1ncnc2sc3c(c12)CCCC3. The van der Waals surface area contributed by atoms with Gasteiger partial charge in [0.15, 0.2) is 0 Å². The Kier molecular flexibility index (Phi) is 3.22. The number of thioether (sulfide) groups is 1. The molecule has 0 saturated carbocycles. The van der Waals surface area contributed by atoms with Crippen molar-refractivity contribution in [3.05, 3.63) is 16.8 Å². The molecule has 0 radical (unpaired) electrons. The molecule has 0 bridgehead atoms. The van der Waals surface area contributed by atoms with Gasteiger partial charge in [-0.15, -0.1) is 11.3 Å². The lowest BCUT2D eigenvalue weighted by atomic mass is 9.97. The average Bonchev–Trinajstić information content (AvgIpc) is 2.75. The number of nitrogens with zero attached hydrogens (tertiary/aromatic N) is 2. The number of amides is 1. The zero-order valence-electron chi connectivity index (χ0n) is 9.81. The molecule has 1 aliphatic carbocycles. The Morgan fingerprint density at radius 2 is 2.22 bits per heavy atom. The molecule has 0 saturated heterocycles. The second-order valence-corrected chi connectivity index (χ2v) is 6.37. The van der Waals surface area contributed by atoms with Crippen LogP contribution in [0.25, 0.3) is 10.2 Å². The van der Waals surface area contributed by atoms with Gasteiger partial charge in [-0.1, -0.05) is 11.8 Å². The van der Waals surface area contributed by atoms with Crippen LogP contribution in [0.15, 0.2) is 11.4 Å². The van der Waals surface area contributed by atoms with Gasteiger partial charge in [0, 0.05) is 10.3 Å². The van der Waals surface area contributed by atoms with Crippen LogP contribution in [0.1, 0.15) is 23.3 Å². The van der Waals surface area contributed by atoms with Crippen LogP contribution in [-0.4, -0.2) is 21.6 Å². The van der Waals surface area contributed by atoms with Crippen molar-refractivity contribution in [2.24, 2.45) is 5.73 Å². The summed E-state index contributed by atoms with van der Waals surface area (Å²) in [7, 11) is 0. The standard InChI is InChI=1S/C12H13N3OS2/c13-9(16)5-17-11-10-7-3-1-2-4-8(7)18-12(10)15-6-14-11/h6H,1-5H2,(H2,13,16). The Labute approximate surface area is 113 Å². The van der Waals surface area contributed by atoms with Crippen LogP contribution in [0.4, 0.5) is 0 Å². The van der Waals surface area contributed by atoms with E-state index in [2.05, 4.69) is 9.97 Å². The van der Waals surface area contributed by atoms with E-state index in [0.717, 1.165) is 28.1 Å². The van der Waals surface area contributed by atoms with Crippen LogP contribution in [-0.2, 0) is 17.6 Å². The van der Waals surface area contributed by atoms with E-state index in [1.165, 1.54) is 35.0 Å². The fourth-order valence-corrected chi connectivity index (χ4v) is 4.37. The fourth-order valence-electron chi connectivity index (χ4n) is 2.31. The molecular weight excluding hydrogens is 266 g/mol. The Morgan fingerprint density at radius 3 is 3.06 bits per heavy atom. The summed E-state index contributed by atoms with van der Waals surface area (Å²) in [5, 5.41) is 2.06. The highest BCUT2D eigenvalue weighted by molar-refractivity contribution is 8.00. The second-order valence-electron chi connectivity index (χ2n) is 4.32. The number of hydrogen-bond acceptors (Lipinski definition) is 5. The van der Waals surface area contributed by atoms with Crippen molar-refractivity contribution >= 4 is 39.2 Å². The number of aromatic nitrogens is 2. The summed E-state index contributed by atoms with van der Waals surface area (Å²) in [6.45, 7) is 0. The third kappa shape index (κ3) is 2.10. The van der Waals surface area contributed by atoms with Crippen molar-refractivity contribution in [2.75, 3.05) is 5.75 Å². The van der Waals surface area contributed by atoms with Crippen molar-refractivity contribution in [2.45, 2.75) is 30.7 Å². The first kappa shape index (κ1) is 11.9. The normalized spacial score (nSPS) is 14.7. The van der Waals surface area contributed by atoms with E-state index >= 15 is 0 Å². The van der Waals surface area contributed by atoms with Crippen LogP contribution in [0.3, 0.4) is 0 Å². The molecule has 0 spiro atoms. The fraction of sp³-hybridized carbons (Fsp3) is 0.417. The minimum atomic E-state index is -0.309. The minimum Gasteiger partial charge on any atom is -0.369 e. The van der Waals surface area contributed by atoms with Crippen molar-refractivity contribution in [3.8, 4) is 0 Å². The molecule has 1 aliphatic rings. The van der Waals surface area contributed by atoms with Gasteiger partial charge in [-0.25, -0.2) is 9.97 Å². The van der Waals surface area contributed by atoms with Gasteiger partial charge in [-0.05, 0) is 31.2 Å². The van der Waals surface area contributed by atoms with Crippen LogP contribution in [0.2, 0.25) is 0 Å². The Hall–Kier alpha value is -1.14. The predicted octanol–water partition coefficient (Wildman–Crippen LogP) is 2.15. The Bertz CT molecular complexity index is 609. The average molecular weight is 279 g/mol. The molecule has 4 nitrogen and oxygen atoms in total. The van der Waals surface area contributed by atoms with Crippen molar-refractivity contribution < 1.29 is 4.79 Å². The third-order valence-electron chi connectivity index (χ3n) is 3.07. The van der Waals surface area contributed by atoms with Gasteiger partial charge in [-0.3, -0.25) is 4.79 Å². The number of primary amides is 1. The first-order valence-corrected chi connectivity index (χ1v) is 7.72. The van der Waals surface area contributed by atoms with E-state index < -0.39 is 0 Å². The Morgan fingerprint density at radius 1 is 1.39 bits per heavy atom. The molecule has 0 aliphatic heterocycles. The molecule has 0 unspecified atom stereocenters. The minimum absolute atomic E-state index is 0.275. The highest BCUT2D eigenvalue weighted by Crippen LogP contribution is 2.38. The topological polar surface area (TPSA) is 68.9 Å². The van der Waals surface area contributed by atoms with Crippen molar-refractivity contribution in [1.82, 2.24) is 9.97 Å². The highest BCUT2D eigenvalue weighted by atomic mass is 32.2. The molecule has 2 heterocycles. The maximum absolute atomic E-state index is 10.9. The van der Waals surface area contributed by atoms with E-state index in [4.69, 9.17) is 5.73 Å². The maximum Gasteiger partial charge on any atom is 0.227 e. The van der Waals surface area contributed by atoms with Gasteiger partial charge in [0.2, 0.25) is 5.91 Å². The summed E-state index contributed by atoms with van der Waals surface area (Å²) in [6, 6.07) is 0. The largest absolute Gasteiger partial charge is 0.369 e. The molecule has 2 N–H and O–H groups in total. The molecule has 2 aromatic heterocycles. The maximum atomic E-state index is 10.9. The van der Waals surface area contributed by atoms with E-state index in [1.54, 1.807) is 17.7 Å². The van der Waals surface area contributed by atoms with Gasteiger partial charge < -0.3 is 5.73 Å². The molecule has 1 amide bonds. The molecule has 0 fully saturated rings. The summed E-state index contributed by atoms with van der Waals surface area (Å²) in [4.78, 5) is 22.0. The highest BCUT2D eigenvalue weighted by Gasteiger charge is 2.20. The van der Waals surface area contributed by atoms with Crippen molar-refractivity contribution in [3.63, 3.8) is 0 Å². The molecular formula is C12H13N3OS2. The molecule has 0 atom stereocenters. The lowest BCUT2D eigenvalue weighted by Gasteiger charge is -2.11. The zero-order chi connectivity index (χ0) is 12.5. The van der Waals surface area contributed by atoms with E-state index in [1.807, 2.05) is 0 Å². The van der Waals surface area contributed by atoms with E-state index in [9.17, 15) is 4.79 Å². The second kappa shape index (κ2) is 4.85. The number of aryl methyl sites for hydroxylation is 2. The van der Waals surface area contributed by atoms with Gasteiger partial charge in [-0.2, -0.15) is 0 Å². The summed E-state index contributed by atoms with van der Waals surface area (Å²) in [5.41, 5.74) is 6.59. The van der Waals surface area contributed by atoms with Crippen LogP contribution in [0.5, 0.6) is 0 Å². The quantitative estimate of drug-likeness (QED) is 0.690. The summed E-state index contributed by atoms with van der Waals surface area (Å²) in [6.07, 6.45) is 6.32. The summed E-state index contributed by atoms with van der Waals surface area (Å²) < 4.78 is 0. The van der Waals surface area contributed by atoms with Crippen LogP contribution >= 0.6 is 23.1 Å². The van der Waals surface area contributed by atoms with E-state index in [-0.39, 0.29) is 11.7 Å². The molecule has 6 heteroatoms. The smallest absolute Gasteiger partial charge is 0.227 e. The monoisotopic (exact) mass is 279 g/mol. The molecule has 0 aromatic carbocycles. The lowest BCUT2D eigenvalue weighted by Crippen LogP contribution is -2.13. The first-order chi connectivity index (χ1) is 8.75. The third-order valence-corrected chi connectivity index (χ3v) is 5.28. The summed E-state index contributed by atoms with van der Waals surface area (Å²) >= 11 is 3.18. The van der Waals surface area contributed by atoms with Gasteiger partial charge in [0.05, 0.1) is 5.75 Å². The zero-order valence-corrected chi connectivity index (χ0v) is 11.4.